The molecule has 184 valence electrons. The number of rotatable bonds is 8. The molecule has 0 N–H and O–H groups in total. The van der Waals surface area contributed by atoms with Crippen LogP contribution < -0.4 is 9.47 Å². The predicted octanol–water partition coefficient (Wildman–Crippen LogP) is 5.46. The number of esters is 2. The summed E-state index contributed by atoms with van der Waals surface area (Å²) in [6.07, 6.45) is 0. The van der Waals surface area contributed by atoms with E-state index in [9.17, 15) is 9.59 Å². The highest BCUT2D eigenvalue weighted by molar-refractivity contribution is 9.10. The van der Waals surface area contributed by atoms with Gasteiger partial charge < -0.3 is 18.9 Å². The van der Waals surface area contributed by atoms with E-state index in [4.69, 9.17) is 18.9 Å². The summed E-state index contributed by atoms with van der Waals surface area (Å²) < 4.78 is 23.7. The summed E-state index contributed by atoms with van der Waals surface area (Å²) in [6, 6.07) is 21.8. The molecule has 0 aliphatic heterocycles. The highest BCUT2D eigenvalue weighted by atomic mass is 79.9. The maximum Gasteiger partial charge on any atom is 0.357 e. The lowest BCUT2D eigenvalue weighted by molar-refractivity contribution is 0.0549. The standard InChI is InChI=1S/C27H23BrN2O6/c1-33-21-14-13-17(15-18(21)16-36-22-12-8-7-11-20(22)28)24-23(26(31)34-2)25(27(32)35-3)30(29-24)19-9-5-4-6-10-19/h4-15H,16H2,1-3H3. The summed E-state index contributed by atoms with van der Waals surface area (Å²) in [5, 5.41) is 4.64. The van der Waals surface area contributed by atoms with Crippen molar-refractivity contribution in [3.05, 3.63) is 94.1 Å². The van der Waals surface area contributed by atoms with Crippen LogP contribution in [0.1, 0.15) is 26.4 Å². The van der Waals surface area contributed by atoms with Gasteiger partial charge in [-0.1, -0.05) is 30.3 Å². The molecule has 4 rings (SSSR count). The number of carbonyl (C=O) groups excluding carboxylic acids is 2. The molecule has 9 heteroatoms. The van der Waals surface area contributed by atoms with Gasteiger partial charge in [0, 0.05) is 11.1 Å². The molecule has 0 saturated heterocycles. The van der Waals surface area contributed by atoms with Crippen molar-refractivity contribution in [3.8, 4) is 28.4 Å². The third-order valence-electron chi connectivity index (χ3n) is 5.43. The van der Waals surface area contributed by atoms with Crippen molar-refractivity contribution in [1.82, 2.24) is 9.78 Å². The van der Waals surface area contributed by atoms with Gasteiger partial charge in [-0.05, 0) is 58.4 Å². The van der Waals surface area contributed by atoms with E-state index in [1.54, 1.807) is 49.6 Å². The quantitative estimate of drug-likeness (QED) is 0.269. The molecule has 0 atom stereocenters. The first kappa shape index (κ1) is 25.0. The summed E-state index contributed by atoms with van der Waals surface area (Å²) in [7, 11) is 4.06. The van der Waals surface area contributed by atoms with Gasteiger partial charge in [0.25, 0.3) is 0 Å². The number of ether oxygens (including phenoxy) is 4. The zero-order valence-electron chi connectivity index (χ0n) is 19.9. The Morgan fingerprint density at radius 2 is 1.56 bits per heavy atom. The van der Waals surface area contributed by atoms with Crippen molar-refractivity contribution in [2.45, 2.75) is 6.61 Å². The van der Waals surface area contributed by atoms with Gasteiger partial charge in [0.05, 0.1) is 31.5 Å². The smallest absolute Gasteiger partial charge is 0.357 e. The molecule has 0 fully saturated rings. The SMILES string of the molecule is COC(=O)c1c(-c2ccc(OC)c(COc3ccccc3Br)c2)nn(-c2ccccc2)c1C(=O)OC. The topological polar surface area (TPSA) is 88.9 Å². The molecule has 0 radical (unpaired) electrons. The van der Waals surface area contributed by atoms with Gasteiger partial charge in [-0.2, -0.15) is 5.10 Å². The van der Waals surface area contributed by atoms with Crippen LogP contribution in [0, 0.1) is 0 Å². The second kappa shape index (κ2) is 11.1. The van der Waals surface area contributed by atoms with E-state index < -0.39 is 11.9 Å². The van der Waals surface area contributed by atoms with Gasteiger partial charge in [0.15, 0.2) is 5.69 Å². The number of hydrogen-bond donors (Lipinski definition) is 0. The van der Waals surface area contributed by atoms with E-state index in [-0.39, 0.29) is 23.6 Å². The third kappa shape index (κ3) is 4.96. The minimum absolute atomic E-state index is 0.00366. The zero-order valence-corrected chi connectivity index (χ0v) is 21.4. The molecule has 0 aliphatic rings. The number of methoxy groups -OCH3 is 3. The fourth-order valence-electron chi connectivity index (χ4n) is 3.71. The Morgan fingerprint density at radius 1 is 0.861 bits per heavy atom. The molecule has 1 heterocycles. The van der Waals surface area contributed by atoms with E-state index in [0.717, 1.165) is 10.0 Å². The van der Waals surface area contributed by atoms with Crippen molar-refractivity contribution >= 4 is 27.9 Å². The highest BCUT2D eigenvalue weighted by Crippen LogP contribution is 2.33. The molecule has 0 saturated carbocycles. The van der Waals surface area contributed by atoms with Crippen molar-refractivity contribution in [1.29, 1.82) is 0 Å². The van der Waals surface area contributed by atoms with Crippen LogP contribution in [0.5, 0.6) is 11.5 Å². The zero-order chi connectivity index (χ0) is 25.7. The van der Waals surface area contributed by atoms with Crippen LogP contribution in [-0.4, -0.2) is 43.0 Å². The number of halogens is 1. The first-order valence-electron chi connectivity index (χ1n) is 10.9. The van der Waals surface area contributed by atoms with Gasteiger partial charge in [-0.3, -0.25) is 0 Å². The van der Waals surface area contributed by atoms with Crippen LogP contribution in [0.2, 0.25) is 0 Å². The van der Waals surface area contributed by atoms with Gasteiger partial charge in [0.1, 0.15) is 29.4 Å². The molecule has 0 amide bonds. The maximum atomic E-state index is 12.9. The molecule has 0 spiro atoms. The van der Waals surface area contributed by atoms with Crippen LogP contribution >= 0.6 is 15.9 Å². The second-order valence-electron chi connectivity index (χ2n) is 7.55. The second-order valence-corrected chi connectivity index (χ2v) is 8.40. The van der Waals surface area contributed by atoms with Gasteiger partial charge >= 0.3 is 11.9 Å². The average Bonchev–Trinajstić information content (AvgIpc) is 3.33. The first-order valence-corrected chi connectivity index (χ1v) is 11.7. The molecule has 8 nitrogen and oxygen atoms in total. The third-order valence-corrected chi connectivity index (χ3v) is 6.08. The largest absolute Gasteiger partial charge is 0.496 e. The molecule has 1 aromatic heterocycles. The number of benzene rings is 3. The Labute approximate surface area is 216 Å². The lowest BCUT2D eigenvalue weighted by Gasteiger charge is -2.13. The first-order chi connectivity index (χ1) is 17.5. The summed E-state index contributed by atoms with van der Waals surface area (Å²) in [4.78, 5) is 25.7. The fourth-order valence-corrected chi connectivity index (χ4v) is 4.11. The lowest BCUT2D eigenvalue weighted by atomic mass is 10.0. The minimum Gasteiger partial charge on any atom is -0.496 e. The Bertz CT molecular complexity index is 1400. The van der Waals surface area contributed by atoms with Crippen molar-refractivity contribution < 1.29 is 28.5 Å². The van der Waals surface area contributed by atoms with Crippen molar-refractivity contribution in [2.24, 2.45) is 0 Å². The molecule has 0 unspecified atom stereocenters. The molecule has 36 heavy (non-hydrogen) atoms. The average molecular weight is 551 g/mol. The number of para-hydroxylation sites is 2. The molecule has 0 aliphatic carbocycles. The molecule has 4 aromatic rings. The van der Waals surface area contributed by atoms with Gasteiger partial charge in [-0.25, -0.2) is 14.3 Å². The monoisotopic (exact) mass is 550 g/mol. The van der Waals surface area contributed by atoms with E-state index in [2.05, 4.69) is 21.0 Å². The Kier molecular flexibility index (Phi) is 7.70. The van der Waals surface area contributed by atoms with E-state index in [0.29, 0.717) is 22.7 Å². The number of hydrogen-bond acceptors (Lipinski definition) is 7. The highest BCUT2D eigenvalue weighted by Gasteiger charge is 2.31. The molecule has 3 aromatic carbocycles. The van der Waals surface area contributed by atoms with Crippen LogP contribution in [0.25, 0.3) is 16.9 Å². The van der Waals surface area contributed by atoms with Crippen molar-refractivity contribution in [3.63, 3.8) is 0 Å². The normalized spacial score (nSPS) is 10.6. The van der Waals surface area contributed by atoms with E-state index in [1.807, 2.05) is 30.3 Å². The van der Waals surface area contributed by atoms with Crippen LogP contribution in [-0.2, 0) is 16.1 Å². The number of aromatic nitrogens is 2. The summed E-state index contributed by atoms with van der Waals surface area (Å²) in [6.45, 7) is 0.191. The Hall–Kier alpha value is -4.11. The van der Waals surface area contributed by atoms with Gasteiger partial charge in [-0.15, -0.1) is 0 Å². The van der Waals surface area contributed by atoms with E-state index >= 15 is 0 Å². The number of nitrogens with zero attached hydrogens (tertiary/aromatic N) is 2. The summed E-state index contributed by atoms with van der Waals surface area (Å²) >= 11 is 3.48. The lowest BCUT2D eigenvalue weighted by Crippen LogP contribution is -2.15. The molecule has 0 bridgehead atoms. The van der Waals surface area contributed by atoms with Crippen LogP contribution in [0.4, 0.5) is 0 Å². The number of carbonyl (C=O) groups is 2. The summed E-state index contributed by atoms with van der Waals surface area (Å²) in [5.74, 6) is -0.166. The molecular weight excluding hydrogens is 528 g/mol. The van der Waals surface area contributed by atoms with Gasteiger partial charge in [0.2, 0.25) is 0 Å². The Balaban J connectivity index is 1.86. The molecular formula is C27H23BrN2O6. The summed E-state index contributed by atoms with van der Waals surface area (Å²) in [5.41, 5.74) is 2.09. The Morgan fingerprint density at radius 3 is 2.22 bits per heavy atom. The van der Waals surface area contributed by atoms with E-state index in [1.165, 1.54) is 18.9 Å². The predicted molar refractivity (Wildman–Crippen MR) is 137 cm³/mol. The van der Waals surface area contributed by atoms with Crippen LogP contribution in [0.15, 0.2) is 77.3 Å². The minimum atomic E-state index is -0.719. The maximum absolute atomic E-state index is 12.9. The van der Waals surface area contributed by atoms with Crippen LogP contribution in [0.3, 0.4) is 0 Å². The van der Waals surface area contributed by atoms with Crippen molar-refractivity contribution in [2.75, 3.05) is 21.3 Å². The fraction of sp³-hybridized carbons (Fsp3) is 0.148.